The van der Waals surface area contributed by atoms with Gasteiger partial charge in [0, 0.05) is 17.0 Å². The Kier molecular flexibility index (Phi) is 6.10. The van der Waals surface area contributed by atoms with Crippen LogP contribution in [-0.2, 0) is 16.0 Å². The van der Waals surface area contributed by atoms with Crippen LogP contribution in [0.4, 0.5) is 0 Å². The highest BCUT2D eigenvalue weighted by Gasteiger charge is 2.31. The van der Waals surface area contributed by atoms with Crippen LogP contribution < -0.4 is 5.32 Å². The highest BCUT2D eigenvalue weighted by Crippen LogP contribution is 2.38. The molecule has 3 atom stereocenters. The van der Waals surface area contributed by atoms with Crippen LogP contribution in [0.15, 0.2) is 60.0 Å². The molecule has 2 aromatic carbocycles. The van der Waals surface area contributed by atoms with Crippen molar-refractivity contribution < 1.29 is 9.59 Å². The summed E-state index contributed by atoms with van der Waals surface area (Å²) in [4.78, 5) is 25.2. The lowest BCUT2D eigenvalue weighted by atomic mass is 9.96. The Hall–Kier alpha value is -2.46. The molecule has 4 heteroatoms. The lowest BCUT2D eigenvalue weighted by molar-refractivity contribution is -0.129. The Bertz CT molecular complexity index is 994. The second-order valence-electron chi connectivity index (χ2n) is 8.11. The van der Waals surface area contributed by atoms with Gasteiger partial charge >= 0.3 is 0 Å². The number of rotatable bonds is 7. The lowest BCUT2D eigenvalue weighted by Gasteiger charge is -2.17. The fraction of sp³-hybridized carbons (Fsp3) is 0.360. The molecule has 1 aliphatic carbocycles. The second kappa shape index (κ2) is 8.91. The van der Waals surface area contributed by atoms with E-state index in [1.165, 1.54) is 21.2 Å². The fourth-order valence-corrected chi connectivity index (χ4v) is 5.09. The highest BCUT2D eigenvalue weighted by molar-refractivity contribution is 7.17. The molecular formula is C25H27NO2S. The maximum atomic E-state index is 12.7. The molecule has 1 saturated carbocycles. The molecule has 0 bridgehead atoms. The van der Waals surface area contributed by atoms with Gasteiger partial charge in [0.1, 0.15) is 0 Å². The van der Waals surface area contributed by atoms with E-state index in [2.05, 4.69) is 59.2 Å². The van der Waals surface area contributed by atoms with E-state index in [0.29, 0.717) is 18.8 Å². The van der Waals surface area contributed by atoms with Crippen molar-refractivity contribution in [1.29, 1.82) is 0 Å². The first-order valence-corrected chi connectivity index (χ1v) is 11.3. The predicted molar refractivity (Wildman–Crippen MR) is 119 cm³/mol. The van der Waals surface area contributed by atoms with Crippen LogP contribution in [0.1, 0.15) is 49.7 Å². The highest BCUT2D eigenvalue weighted by atomic mass is 32.1. The number of thiophene rings is 1. The van der Waals surface area contributed by atoms with Gasteiger partial charge in [-0.3, -0.25) is 9.59 Å². The van der Waals surface area contributed by atoms with Gasteiger partial charge in [-0.25, -0.2) is 0 Å². The Balaban J connectivity index is 1.26. The molecule has 1 heterocycles. The van der Waals surface area contributed by atoms with Crippen molar-refractivity contribution in [3.8, 4) is 0 Å². The summed E-state index contributed by atoms with van der Waals surface area (Å²) in [6.45, 7) is 1.81. The number of benzene rings is 2. The monoisotopic (exact) mass is 405 g/mol. The normalized spacial score (nSPS) is 19.9. The summed E-state index contributed by atoms with van der Waals surface area (Å²) in [5.41, 5.74) is 2.48. The maximum absolute atomic E-state index is 12.7. The summed E-state index contributed by atoms with van der Waals surface area (Å²) >= 11 is 1.73. The van der Waals surface area contributed by atoms with Gasteiger partial charge in [-0.1, -0.05) is 42.5 Å². The zero-order chi connectivity index (χ0) is 20.2. The van der Waals surface area contributed by atoms with E-state index in [-0.39, 0.29) is 17.6 Å². The van der Waals surface area contributed by atoms with Crippen LogP contribution in [0, 0.1) is 5.92 Å². The molecule has 1 N–H and O–H groups in total. The van der Waals surface area contributed by atoms with Gasteiger partial charge in [-0.15, -0.1) is 11.3 Å². The molecule has 0 aliphatic heterocycles. The third-order valence-corrected chi connectivity index (χ3v) is 6.99. The molecule has 1 aliphatic rings. The summed E-state index contributed by atoms with van der Waals surface area (Å²) in [5.74, 6) is 0.590. The number of fused-ring (bicyclic) bond motifs is 1. The van der Waals surface area contributed by atoms with Crippen molar-refractivity contribution in [3.05, 3.63) is 71.1 Å². The summed E-state index contributed by atoms with van der Waals surface area (Å²) in [7, 11) is 0. The Morgan fingerprint density at radius 3 is 2.76 bits per heavy atom. The first-order valence-electron chi connectivity index (χ1n) is 10.4. The zero-order valence-corrected chi connectivity index (χ0v) is 17.6. The average Bonchev–Trinajstić information content (AvgIpc) is 3.41. The van der Waals surface area contributed by atoms with Crippen molar-refractivity contribution in [3.63, 3.8) is 0 Å². The molecule has 1 aromatic heterocycles. The smallest absolute Gasteiger partial charge is 0.223 e. The molecular weight excluding hydrogens is 378 g/mol. The van der Waals surface area contributed by atoms with Crippen LogP contribution >= 0.6 is 11.3 Å². The van der Waals surface area contributed by atoms with E-state index in [0.717, 1.165) is 19.3 Å². The third kappa shape index (κ3) is 4.76. The zero-order valence-electron chi connectivity index (χ0n) is 16.8. The number of nitrogens with one attached hydrogen (secondary N) is 1. The molecule has 4 rings (SSSR count). The minimum Gasteiger partial charge on any atom is -0.346 e. The van der Waals surface area contributed by atoms with Gasteiger partial charge in [0.05, 0.1) is 6.04 Å². The Labute approximate surface area is 176 Å². The molecule has 0 saturated heterocycles. The Morgan fingerprint density at radius 2 is 1.93 bits per heavy atom. The van der Waals surface area contributed by atoms with Crippen LogP contribution in [-0.4, -0.2) is 17.7 Å². The number of amides is 1. The molecule has 0 unspecified atom stereocenters. The molecule has 150 valence electrons. The first-order chi connectivity index (χ1) is 14.1. The summed E-state index contributed by atoms with van der Waals surface area (Å²) in [6, 6.07) is 18.5. The van der Waals surface area contributed by atoms with Crippen LogP contribution in [0.3, 0.4) is 0 Å². The fourth-order valence-electron chi connectivity index (χ4n) is 4.32. The number of ketones is 1. The van der Waals surface area contributed by atoms with Crippen molar-refractivity contribution in [2.45, 2.75) is 51.0 Å². The summed E-state index contributed by atoms with van der Waals surface area (Å²) in [6.07, 6.45) is 3.97. The average molecular weight is 406 g/mol. The molecule has 0 spiro atoms. The van der Waals surface area contributed by atoms with Crippen molar-refractivity contribution >= 4 is 33.1 Å². The molecule has 1 fully saturated rings. The summed E-state index contributed by atoms with van der Waals surface area (Å²) in [5, 5.41) is 6.29. The van der Waals surface area contributed by atoms with Crippen molar-refractivity contribution in [1.82, 2.24) is 5.32 Å². The van der Waals surface area contributed by atoms with Gasteiger partial charge in [0.2, 0.25) is 5.91 Å². The number of hydrogen-bond donors (Lipinski definition) is 1. The number of hydrogen-bond acceptors (Lipinski definition) is 3. The van der Waals surface area contributed by atoms with Crippen LogP contribution in [0.2, 0.25) is 0 Å². The second-order valence-corrected chi connectivity index (χ2v) is 9.05. The molecule has 29 heavy (non-hydrogen) atoms. The topological polar surface area (TPSA) is 46.2 Å². The van der Waals surface area contributed by atoms with Crippen LogP contribution in [0.5, 0.6) is 0 Å². The molecule has 3 aromatic rings. The van der Waals surface area contributed by atoms with E-state index in [9.17, 15) is 9.59 Å². The largest absolute Gasteiger partial charge is 0.346 e. The van der Waals surface area contributed by atoms with Gasteiger partial charge in [0.15, 0.2) is 5.78 Å². The quantitative estimate of drug-likeness (QED) is 0.565. The Morgan fingerprint density at radius 1 is 1.10 bits per heavy atom. The summed E-state index contributed by atoms with van der Waals surface area (Å²) < 4.78 is 1.27. The number of aryl methyl sites for hydroxylation is 1. The molecule has 3 nitrogen and oxygen atoms in total. The first kappa shape index (κ1) is 19.8. The van der Waals surface area contributed by atoms with Gasteiger partial charge < -0.3 is 5.32 Å². The van der Waals surface area contributed by atoms with Crippen molar-refractivity contribution in [2.75, 3.05) is 0 Å². The lowest BCUT2D eigenvalue weighted by Crippen LogP contribution is -2.41. The minimum atomic E-state index is -0.428. The number of carbonyl (C=O) groups is 2. The molecule has 1 amide bonds. The van der Waals surface area contributed by atoms with Gasteiger partial charge in [-0.2, -0.15) is 0 Å². The van der Waals surface area contributed by atoms with E-state index in [4.69, 9.17) is 0 Å². The van der Waals surface area contributed by atoms with Gasteiger partial charge in [-0.05, 0) is 72.6 Å². The predicted octanol–water partition coefficient (Wildman–Crippen LogP) is 5.49. The van der Waals surface area contributed by atoms with E-state index >= 15 is 0 Å². The van der Waals surface area contributed by atoms with Crippen LogP contribution in [0.25, 0.3) is 10.1 Å². The third-order valence-electron chi connectivity index (χ3n) is 6.09. The number of carbonyl (C=O) groups excluding carboxylic acids is 2. The van der Waals surface area contributed by atoms with E-state index in [1.807, 2.05) is 13.0 Å². The van der Waals surface area contributed by atoms with E-state index < -0.39 is 6.04 Å². The van der Waals surface area contributed by atoms with E-state index in [1.54, 1.807) is 11.3 Å². The van der Waals surface area contributed by atoms with Gasteiger partial charge in [0.25, 0.3) is 0 Å². The maximum Gasteiger partial charge on any atom is 0.223 e. The number of Topliss-reactive ketones (excluding diaryl/α,β-unsaturated/α-hetero) is 1. The minimum absolute atomic E-state index is 0.0106. The SMILES string of the molecule is C[C@H](NC(=O)[C@@H]1CC[C@@H](c2ccccc2)C1)C(=O)CCc1ccc2sccc2c1. The van der Waals surface area contributed by atoms with Crippen molar-refractivity contribution in [2.24, 2.45) is 5.92 Å². The molecule has 0 radical (unpaired) electrons. The standard InChI is InChI=1S/C25H27NO2S/c1-17(23(27)11-7-18-8-12-24-21(15-18)13-14-29-24)26-25(28)22-10-9-20(16-22)19-5-3-2-4-6-19/h2-6,8,12-15,17,20,22H,7,9-11,16H2,1H3,(H,26,28)/t17-,20+,22+/m0/s1.